The lowest BCUT2D eigenvalue weighted by atomic mass is 9.84. The van der Waals surface area contributed by atoms with E-state index in [4.69, 9.17) is 5.73 Å². The highest BCUT2D eigenvalue weighted by atomic mass is 32.2. The fraction of sp³-hybridized carbons (Fsp3) is 0.750. The minimum absolute atomic E-state index is 0.0461. The van der Waals surface area contributed by atoms with Gasteiger partial charge in [0, 0.05) is 12.6 Å². The molecule has 0 amide bonds. The average molecular weight is 316 g/mol. The van der Waals surface area contributed by atoms with Gasteiger partial charge < -0.3 is 16.0 Å². The first-order valence-corrected chi connectivity index (χ1v) is 9.40. The van der Waals surface area contributed by atoms with Crippen molar-refractivity contribution in [3.8, 4) is 0 Å². The van der Waals surface area contributed by atoms with Crippen molar-refractivity contribution in [3.05, 3.63) is 0 Å². The van der Waals surface area contributed by atoms with Crippen molar-refractivity contribution in [2.75, 3.05) is 36.4 Å². The lowest BCUT2D eigenvalue weighted by molar-refractivity contribution is 0.0976. The predicted molar refractivity (Wildman–Crippen MR) is 80.8 cm³/mol. The second-order valence-corrected chi connectivity index (χ2v) is 8.51. The molecule has 3 saturated heterocycles. The smallest absolute Gasteiger partial charge is 0.184 e. The second-order valence-electron chi connectivity index (χ2n) is 5.52. The summed E-state index contributed by atoms with van der Waals surface area (Å²) in [6.45, 7) is 4.93. The molecule has 1 aromatic rings. The fourth-order valence-corrected chi connectivity index (χ4v) is 5.35. The van der Waals surface area contributed by atoms with Crippen LogP contribution in [0.3, 0.4) is 0 Å². The number of anilines is 2. The highest BCUT2D eigenvalue weighted by molar-refractivity contribution is 7.91. The van der Waals surface area contributed by atoms with Gasteiger partial charge in [-0.2, -0.15) is 4.37 Å². The molecule has 0 aromatic carbocycles. The Bertz CT molecular complexity index is 591. The number of sulfone groups is 1. The summed E-state index contributed by atoms with van der Waals surface area (Å²) in [5.74, 6) is 0.797. The number of aromatic nitrogens is 1. The molecule has 2 bridgehead atoms. The Hall–Kier alpha value is -0.860. The summed E-state index contributed by atoms with van der Waals surface area (Å²) >= 11 is 1.16. The van der Waals surface area contributed by atoms with Crippen molar-refractivity contribution in [2.45, 2.75) is 30.7 Å². The Balaban J connectivity index is 1.85. The second kappa shape index (κ2) is 5.16. The van der Waals surface area contributed by atoms with Crippen molar-refractivity contribution in [2.24, 2.45) is 5.92 Å². The minimum Gasteiger partial charge on any atom is -0.382 e. The van der Waals surface area contributed by atoms with Gasteiger partial charge in [0.25, 0.3) is 0 Å². The summed E-state index contributed by atoms with van der Waals surface area (Å²) in [5, 5.41) is 4.01. The maximum Gasteiger partial charge on any atom is 0.184 e. The van der Waals surface area contributed by atoms with E-state index in [0.717, 1.165) is 31.2 Å². The van der Waals surface area contributed by atoms with Gasteiger partial charge >= 0.3 is 0 Å². The van der Waals surface area contributed by atoms with E-state index in [2.05, 4.69) is 14.6 Å². The quantitative estimate of drug-likeness (QED) is 0.862. The molecule has 4 heterocycles. The molecule has 1 aromatic heterocycles. The molecule has 1 atom stereocenters. The van der Waals surface area contributed by atoms with Crippen molar-refractivity contribution in [1.29, 1.82) is 0 Å². The van der Waals surface area contributed by atoms with Crippen LogP contribution in [0.15, 0.2) is 4.90 Å². The van der Waals surface area contributed by atoms with Crippen LogP contribution in [-0.4, -0.2) is 49.1 Å². The normalized spacial score (nSPS) is 29.6. The zero-order valence-corrected chi connectivity index (χ0v) is 13.1. The summed E-state index contributed by atoms with van der Waals surface area (Å²) in [6, 6.07) is 0.308. The standard InChI is InChI=1S/C12H20N4O2S2/c1-2-20(17,18)10-11(13)15-19-12(10)14-9-7-16-5-3-8(9)4-6-16/h8-9,14H,2-7H2,1H3,(H2,13,15). The van der Waals surface area contributed by atoms with E-state index in [-0.39, 0.29) is 16.5 Å². The van der Waals surface area contributed by atoms with Crippen LogP contribution in [0.1, 0.15) is 19.8 Å². The SMILES string of the molecule is CCS(=O)(=O)c1c(N)nsc1NC1CN2CCC1CC2. The molecule has 112 valence electrons. The molecule has 0 radical (unpaired) electrons. The molecule has 0 saturated carbocycles. The van der Waals surface area contributed by atoms with Gasteiger partial charge in [-0.3, -0.25) is 0 Å². The molecular weight excluding hydrogens is 296 g/mol. The van der Waals surface area contributed by atoms with E-state index in [1.54, 1.807) is 6.92 Å². The third kappa shape index (κ3) is 2.40. The molecule has 8 heteroatoms. The van der Waals surface area contributed by atoms with Gasteiger partial charge in [-0.1, -0.05) is 6.92 Å². The molecule has 3 aliphatic rings. The number of piperidine rings is 3. The van der Waals surface area contributed by atoms with Crippen molar-refractivity contribution in [1.82, 2.24) is 9.27 Å². The Labute approximate surface area is 123 Å². The summed E-state index contributed by atoms with van der Waals surface area (Å²) in [4.78, 5) is 2.62. The van der Waals surface area contributed by atoms with Gasteiger partial charge in [0.05, 0.1) is 5.75 Å². The minimum atomic E-state index is -3.33. The highest BCUT2D eigenvalue weighted by Gasteiger charge is 2.35. The Morgan fingerprint density at radius 2 is 2.15 bits per heavy atom. The van der Waals surface area contributed by atoms with Gasteiger partial charge in [-0.15, -0.1) is 0 Å². The number of hydrogen-bond acceptors (Lipinski definition) is 7. The van der Waals surface area contributed by atoms with Crippen LogP contribution in [0.5, 0.6) is 0 Å². The maximum atomic E-state index is 12.1. The van der Waals surface area contributed by atoms with Crippen LogP contribution in [0, 0.1) is 5.92 Å². The van der Waals surface area contributed by atoms with E-state index in [0.29, 0.717) is 17.0 Å². The van der Waals surface area contributed by atoms with Crippen LogP contribution in [0.2, 0.25) is 0 Å². The first-order chi connectivity index (χ1) is 9.51. The molecule has 3 N–H and O–H groups in total. The van der Waals surface area contributed by atoms with E-state index < -0.39 is 9.84 Å². The lowest BCUT2D eigenvalue weighted by Crippen LogP contribution is -2.53. The largest absolute Gasteiger partial charge is 0.382 e. The van der Waals surface area contributed by atoms with Gasteiger partial charge in [-0.05, 0) is 43.4 Å². The van der Waals surface area contributed by atoms with E-state index in [9.17, 15) is 8.42 Å². The Morgan fingerprint density at radius 1 is 1.45 bits per heavy atom. The molecule has 6 nitrogen and oxygen atoms in total. The average Bonchev–Trinajstić information content (AvgIpc) is 2.82. The Morgan fingerprint density at radius 3 is 2.70 bits per heavy atom. The third-order valence-corrected chi connectivity index (χ3v) is 7.05. The maximum absolute atomic E-state index is 12.1. The van der Waals surface area contributed by atoms with Crippen LogP contribution < -0.4 is 11.1 Å². The molecule has 20 heavy (non-hydrogen) atoms. The predicted octanol–water partition coefficient (Wildman–Crippen LogP) is 1.02. The zero-order valence-electron chi connectivity index (χ0n) is 11.5. The number of rotatable bonds is 4. The molecule has 1 unspecified atom stereocenters. The van der Waals surface area contributed by atoms with E-state index >= 15 is 0 Å². The molecule has 3 fully saturated rings. The number of fused-ring (bicyclic) bond motifs is 3. The van der Waals surface area contributed by atoms with Crippen molar-refractivity contribution in [3.63, 3.8) is 0 Å². The van der Waals surface area contributed by atoms with Gasteiger partial charge in [0.15, 0.2) is 15.7 Å². The highest BCUT2D eigenvalue weighted by Crippen LogP contribution is 2.36. The van der Waals surface area contributed by atoms with Crippen LogP contribution in [0.25, 0.3) is 0 Å². The number of nitrogens with zero attached hydrogens (tertiary/aromatic N) is 2. The van der Waals surface area contributed by atoms with Crippen LogP contribution in [0.4, 0.5) is 10.8 Å². The van der Waals surface area contributed by atoms with Crippen LogP contribution >= 0.6 is 11.5 Å². The number of nitrogens with two attached hydrogens (primary N) is 1. The van der Waals surface area contributed by atoms with E-state index in [1.165, 1.54) is 12.8 Å². The monoisotopic (exact) mass is 316 g/mol. The van der Waals surface area contributed by atoms with E-state index in [1.807, 2.05) is 0 Å². The van der Waals surface area contributed by atoms with Gasteiger partial charge in [0.1, 0.15) is 9.90 Å². The van der Waals surface area contributed by atoms with Crippen molar-refractivity contribution < 1.29 is 8.42 Å². The summed E-state index contributed by atoms with van der Waals surface area (Å²) in [7, 11) is -3.33. The molecule has 3 aliphatic heterocycles. The number of hydrogen-bond donors (Lipinski definition) is 2. The molecular formula is C12H20N4O2S2. The fourth-order valence-electron chi connectivity index (χ4n) is 3.13. The lowest BCUT2D eigenvalue weighted by Gasteiger charge is -2.45. The summed E-state index contributed by atoms with van der Waals surface area (Å²) < 4.78 is 28.3. The van der Waals surface area contributed by atoms with Gasteiger partial charge in [-0.25, -0.2) is 8.42 Å². The summed E-state index contributed by atoms with van der Waals surface area (Å²) in [5.41, 5.74) is 5.75. The van der Waals surface area contributed by atoms with Crippen LogP contribution in [-0.2, 0) is 9.84 Å². The number of nitrogen functional groups attached to an aromatic ring is 1. The zero-order chi connectivity index (χ0) is 14.3. The van der Waals surface area contributed by atoms with Gasteiger partial charge in [0.2, 0.25) is 0 Å². The topological polar surface area (TPSA) is 88.3 Å². The number of nitrogens with one attached hydrogen (secondary N) is 1. The first kappa shape index (κ1) is 14.1. The third-order valence-electron chi connectivity index (χ3n) is 4.34. The first-order valence-electron chi connectivity index (χ1n) is 6.98. The Kier molecular flexibility index (Phi) is 3.64. The molecule has 0 aliphatic carbocycles. The molecule has 0 spiro atoms. The van der Waals surface area contributed by atoms with Crippen molar-refractivity contribution >= 4 is 32.2 Å². The summed E-state index contributed by atoms with van der Waals surface area (Å²) in [6.07, 6.45) is 2.36. The molecule has 4 rings (SSSR count).